The van der Waals surface area contributed by atoms with Gasteiger partial charge in [-0.1, -0.05) is 15.9 Å². The predicted octanol–water partition coefficient (Wildman–Crippen LogP) is 3.06. The van der Waals surface area contributed by atoms with Gasteiger partial charge in [0.05, 0.1) is 7.11 Å². The van der Waals surface area contributed by atoms with Crippen LogP contribution in [0.3, 0.4) is 0 Å². The number of hydrogen-bond donors (Lipinski definition) is 1. The zero-order chi connectivity index (χ0) is 14.5. The molecule has 3 nitrogen and oxygen atoms in total. The van der Waals surface area contributed by atoms with E-state index >= 15 is 0 Å². The molecular weight excluding hydrogens is 304 g/mol. The first kappa shape index (κ1) is 16.5. The first-order chi connectivity index (χ1) is 8.90. The van der Waals surface area contributed by atoms with Gasteiger partial charge in [-0.15, -0.1) is 0 Å². The second-order valence-corrected chi connectivity index (χ2v) is 6.39. The minimum Gasteiger partial charge on any atom is -0.496 e. The Hall–Kier alpha value is -0.580. The molecule has 1 aromatic carbocycles. The largest absolute Gasteiger partial charge is 0.496 e. The average Bonchev–Trinajstić information content (AvgIpc) is 2.36. The lowest BCUT2D eigenvalue weighted by molar-refractivity contribution is 0.149. The van der Waals surface area contributed by atoms with Gasteiger partial charge >= 0.3 is 0 Å². The zero-order valence-electron chi connectivity index (χ0n) is 12.4. The van der Waals surface area contributed by atoms with Crippen LogP contribution in [-0.2, 0) is 6.42 Å². The average molecular weight is 329 g/mol. The van der Waals surface area contributed by atoms with Crippen LogP contribution in [0.4, 0.5) is 0 Å². The van der Waals surface area contributed by atoms with E-state index in [0.717, 1.165) is 36.2 Å². The first-order valence-corrected chi connectivity index (χ1v) is 7.43. The van der Waals surface area contributed by atoms with E-state index in [4.69, 9.17) is 10.5 Å². The molecule has 2 N–H and O–H groups in total. The van der Waals surface area contributed by atoms with Crippen molar-refractivity contribution in [2.24, 2.45) is 5.73 Å². The van der Waals surface area contributed by atoms with E-state index in [1.165, 1.54) is 5.56 Å². The summed E-state index contributed by atoms with van der Waals surface area (Å²) in [7, 11) is 3.87. The van der Waals surface area contributed by atoms with Crippen LogP contribution in [0.2, 0.25) is 0 Å². The highest BCUT2D eigenvalue weighted by atomic mass is 79.9. The molecule has 19 heavy (non-hydrogen) atoms. The summed E-state index contributed by atoms with van der Waals surface area (Å²) in [6.07, 6.45) is 1.96. The molecule has 0 aliphatic heterocycles. The maximum Gasteiger partial charge on any atom is 0.122 e. The highest BCUT2D eigenvalue weighted by molar-refractivity contribution is 9.10. The molecule has 0 aliphatic rings. The molecule has 1 rings (SSSR count). The number of hydrogen-bond acceptors (Lipinski definition) is 3. The monoisotopic (exact) mass is 328 g/mol. The van der Waals surface area contributed by atoms with Gasteiger partial charge in [-0.2, -0.15) is 0 Å². The van der Waals surface area contributed by atoms with Gasteiger partial charge in [0.15, 0.2) is 0 Å². The lowest BCUT2D eigenvalue weighted by atomic mass is 9.98. The topological polar surface area (TPSA) is 38.5 Å². The number of likely N-dealkylation sites (N-methyl/N-ethyl adjacent to an activating group) is 1. The first-order valence-electron chi connectivity index (χ1n) is 6.64. The van der Waals surface area contributed by atoms with Crippen LogP contribution in [0.1, 0.15) is 25.8 Å². The van der Waals surface area contributed by atoms with Gasteiger partial charge < -0.3 is 15.4 Å². The van der Waals surface area contributed by atoms with Gasteiger partial charge in [0.2, 0.25) is 0 Å². The van der Waals surface area contributed by atoms with Crippen molar-refractivity contribution >= 4 is 15.9 Å². The van der Waals surface area contributed by atoms with E-state index < -0.39 is 0 Å². The van der Waals surface area contributed by atoms with Crippen LogP contribution in [0.15, 0.2) is 22.7 Å². The lowest BCUT2D eigenvalue weighted by Crippen LogP contribution is -2.43. The Balaban J connectivity index is 2.68. The second kappa shape index (κ2) is 7.27. The molecule has 1 aromatic rings. The molecule has 0 bridgehead atoms. The Kier molecular flexibility index (Phi) is 6.30. The van der Waals surface area contributed by atoms with Crippen molar-refractivity contribution in [3.63, 3.8) is 0 Å². The van der Waals surface area contributed by atoms with Gasteiger partial charge in [0.1, 0.15) is 5.75 Å². The number of nitrogens with two attached hydrogens (primary N) is 1. The molecule has 0 saturated heterocycles. The number of benzene rings is 1. The van der Waals surface area contributed by atoms with Crippen molar-refractivity contribution in [2.45, 2.75) is 32.2 Å². The molecule has 108 valence electrons. The molecule has 0 unspecified atom stereocenters. The maximum atomic E-state index is 5.67. The van der Waals surface area contributed by atoms with Crippen LogP contribution in [0, 0.1) is 0 Å². The molecule has 0 spiro atoms. The Morgan fingerprint density at radius 3 is 2.63 bits per heavy atom. The van der Waals surface area contributed by atoms with E-state index in [2.05, 4.69) is 47.8 Å². The Bertz CT molecular complexity index is 407. The molecule has 0 amide bonds. The lowest BCUT2D eigenvalue weighted by Gasteiger charge is -2.35. The highest BCUT2D eigenvalue weighted by Crippen LogP contribution is 2.24. The maximum absolute atomic E-state index is 5.67. The Labute approximate surface area is 125 Å². The fraction of sp³-hybridized carbons (Fsp3) is 0.600. The van der Waals surface area contributed by atoms with E-state index in [1.54, 1.807) is 7.11 Å². The highest BCUT2D eigenvalue weighted by Gasteiger charge is 2.22. The molecule has 0 atom stereocenters. The summed E-state index contributed by atoms with van der Waals surface area (Å²) in [4.78, 5) is 2.36. The van der Waals surface area contributed by atoms with Crippen molar-refractivity contribution < 1.29 is 4.74 Å². The third kappa shape index (κ3) is 4.79. The summed E-state index contributed by atoms with van der Waals surface area (Å²) in [6.45, 7) is 6.17. The third-order valence-electron chi connectivity index (χ3n) is 3.75. The van der Waals surface area contributed by atoms with E-state index in [-0.39, 0.29) is 5.54 Å². The van der Waals surface area contributed by atoms with Gasteiger partial charge in [0.25, 0.3) is 0 Å². The second-order valence-electron chi connectivity index (χ2n) is 5.48. The minimum absolute atomic E-state index is 0.133. The van der Waals surface area contributed by atoms with Crippen LogP contribution < -0.4 is 10.5 Å². The molecule has 4 heteroatoms. The number of methoxy groups -OCH3 is 1. The molecule has 0 heterocycles. The summed E-state index contributed by atoms with van der Waals surface area (Å²) in [5.41, 5.74) is 7.03. The van der Waals surface area contributed by atoms with Gasteiger partial charge in [-0.05, 0) is 64.0 Å². The quantitative estimate of drug-likeness (QED) is 0.836. The molecular formula is C15H25BrN2O. The van der Waals surface area contributed by atoms with E-state index in [0.29, 0.717) is 0 Å². The number of ether oxygens (including phenoxy) is 1. The van der Waals surface area contributed by atoms with Crippen molar-refractivity contribution in [3.05, 3.63) is 28.2 Å². The molecule has 0 radical (unpaired) electrons. The normalized spacial score (nSPS) is 11.9. The SMILES string of the molecule is COc1ccc(Br)cc1CCN(C)C(C)(C)CCN. The number of rotatable bonds is 7. The fourth-order valence-electron chi connectivity index (χ4n) is 2.08. The third-order valence-corrected chi connectivity index (χ3v) is 4.24. The molecule has 0 aliphatic carbocycles. The molecule has 0 aromatic heterocycles. The van der Waals surface area contributed by atoms with Crippen LogP contribution in [0.25, 0.3) is 0 Å². The van der Waals surface area contributed by atoms with Crippen molar-refractivity contribution in [1.29, 1.82) is 0 Å². The van der Waals surface area contributed by atoms with E-state index in [1.807, 2.05) is 12.1 Å². The summed E-state index contributed by atoms with van der Waals surface area (Å²) in [5.74, 6) is 0.952. The number of nitrogens with zero attached hydrogens (tertiary/aromatic N) is 1. The van der Waals surface area contributed by atoms with Crippen molar-refractivity contribution in [2.75, 3.05) is 27.2 Å². The van der Waals surface area contributed by atoms with E-state index in [9.17, 15) is 0 Å². The Morgan fingerprint density at radius 1 is 1.37 bits per heavy atom. The Morgan fingerprint density at radius 2 is 2.05 bits per heavy atom. The number of halogens is 1. The summed E-state index contributed by atoms with van der Waals surface area (Å²) in [5, 5.41) is 0. The fourth-order valence-corrected chi connectivity index (χ4v) is 2.49. The van der Waals surface area contributed by atoms with Gasteiger partial charge in [-0.3, -0.25) is 0 Å². The zero-order valence-corrected chi connectivity index (χ0v) is 14.0. The van der Waals surface area contributed by atoms with Crippen molar-refractivity contribution in [1.82, 2.24) is 4.90 Å². The van der Waals surface area contributed by atoms with Gasteiger partial charge in [0, 0.05) is 16.6 Å². The molecule has 0 saturated carbocycles. The van der Waals surface area contributed by atoms with Crippen LogP contribution in [0.5, 0.6) is 5.75 Å². The smallest absolute Gasteiger partial charge is 0.122 e. The van der Waals surface area contributed by atoms with Crippen LogP contribution in [-0.4, -0.2) is 37.7 Å². The predicted molar refractivity (Wildman–Crippen MR) is 84.8 cm³/mol. The molecule has 0 fully saturated rings. The minimum atomic E-state index is 0.133. The van der Waals surface area contributed by atoms with Gasteiger partial charge in [-0.25, -0.2) is 0 Å². The van der Waals surface area contributed by atoms with Crippen molar-refractivity contribution in [3.8, 4) is 5.75 Å². The van der Waals surface area contributed by atoms with Crippen LogP contribution >= 0.6 is 15.9 Å². The standard InChI is InChI=1S/C15H25BrN2O/c1-15(2,8-9-17)18(3)10-7-12-11-13(16)5-6-14(12)19-4/h5-6,11H,7-10,17H2,1-4H3. The summed E-state index contributed by atoms with van der Waals surface area (Å²) < 4.78 is 6.50. The summed E-state index contributed by atoms with van der Waals surface area (Å²) >= 11 is 3.51. The summed E-state index contributed by atoms with van der Waals surface area (Å²) in [6, 6.07) is 6.14.